The van der Waals surface area contributed by atoms with Gasteiger partial charge in [-0.2, -0.15) is 8.78 Å². The summed E-state index contributed by atoms with van der Waals surface area (Å²) in [5, 5.41) is 0. The van der Waals surface area contributed by atoms with Crippen molar-refractivity contribution in [3.63, 3.8) is 0 Å². The number of benzene rings is 1. The van der Waals surface area contributed by atoms with Gasteiger partial charge in [0.05, 0.1) is 7.11 Å². The van der Waals surface area contributed by atoms with Crippen molar-refractivity contribution >= 4 is 5.91 Å². The second-order valence-corrected chi connectivity index (χ2v) is 5.54. The number of hydrogen-bond donors (Lipinski definition) is 1. The number of methoxy groups -OCH3 is 1. The van der Waals surface area contributed by atoms with Crippen molar-refractivity contribution < 1.29 is 23.0 Å². The van der Waals surface area contributed by atoms with E-state index in [1.165, 1.54) is 13.2 Å². The predicted molar refractivity (Wildman–Crippen MR) is 85.7 cm³/mol. The van der Waals surface area contributed by atoms with Crippen LogP contribution in [-0.2, 0) is 6.54 Å². The average molecular weight is 338 g/mol. The Bertz CT molecular complexity index is 729. The minimum absolute atomic E-state index is 0.0407. The topological polar surface area (TPSA) is 54.6 Å². The van der Waals surface area contributed by atoms with E-state index in [4.69, 9.17) is 4.74 Å². The van der Waals surface area contributed by atoms with Crippen molar-refractivity contribution in [2.45, 2.75) is 27.0 Å². The van der Waals surface area contributed by atoms with Crippen molar-refractivity contribution in [3.05, 3.63) is 46.8 Å². The molecule has 1 aromatic carbocycles. The van der Waals surface area contributed by atoms with E-state index in [0.29, 0.717) is 12.2 Å². The number of rotatable bonds is 6. The van der Waals surface area contributed by atoms with E-state index in [1.807, 2.05) is 19.9 Å². The van der Waals surface area contributed by atoms with Gasteiger partial charge in [0.25, 0.3) is 5.91 Å². The molecule has 0 fully saturated rings. The summed E-state index contributed by atoms with van der Waals surface area (Å²) < 4.78 is 34.1. The van der Waals surface area contributed by atoms with Crippen molar-refractivity contribution in [1.82, 2.24) is 9.88 Å². The summed E-state index contributed by atoms with van der Waals surface area (Å²) in [5.41, 5.74) is 3.08. The maximum absolute atomic E-state index is 12.5. The van der Waals surface area contributed by atoms with E-state index < -0.39 is 6.61 Å². The standard InChI is InChI=1S/C17H20F2N2O3/c1-10-7-11(2)20-15(10)16(22)21(3)9-12-5-6-13(24-17(18)19)14(8-12)23-4/h5-8,17,20H,9H2,1-4H3. The van der Waals surface area contributed by atoms with Gasteiger partial charge in [0.15, 0.2) is 11.5 Å². The molecule has 0 atom stereocenters. The first-order valence-corrected chi connectivity index (χ1v) is 7.35. The van der Waals surface area contributed by atoms with Crippen LogP contribution >= 0.6 is 0 Å². The van der Waals surface area contributed by atoms with E-state index in [9.17, 15) is 13.6 Å². The fourth-order valence-corrected chi connectivity index (χ4v) is 2.49. The Hall–Kier alpha value is -2.57. The van der Waals surface area contributed by atoms with Gasteiger partial charge in [-0.25, -0.2) is 0 Å². The molecular formula is C17H20F2N2O3. The first kappa shape index (κ1) is 17.8. The number of carbonyl (C=O) groups excluding carboxylic acids is 1. The van der Waals surface area contributed by atoms with Crippen LogP contribution in [0.15, 0.2) is 24.3 Å². The largest absolute Gasteiger partial charge is 0.493 e. The second kappa shape index (κ2) is 7.33. The van der Waals surface area contributed by atoms with Crippen LogP contribution in [-0.4, -0.2) is 36.6 Å². The van der Waals surface area contributed by atoms with E-state index in [1.54, 1.807) is 24.1 Å². The molecule has 7 heteroatoms. The van der Waals surface area contributed by atoms with Gasteiger partial charge in [-0.15, -0.1) is 0 Å². The molecule has 0 saturated heterocycles. The van der Waals surface area contributed by atoms with Gasteiger partial charge in [-0.05, 0) is 43.2 Å². The Labute approximate surface area is 139 Å². The van der Waals surface area contributed by atoms with Crippen molar-refractivity contribution in [3.8, 4) is 11.5 Å². The third-order valence-electron chi connectivity index (χ3n) is 3.57. The molecule has 1 N–H and O–H groups in total. The Morgan fingerprint density at radius 2 is 1.96 bits per heavy atom. The number of halogens is 2. The third-order valence-corrected chi connectivity index (χ3v) is 3.57. The highest BCUT2D eigenvalue weighted by atomic mass is 19.3. The normalized spacial score (nSPS) is 10.8. The Morgan fingerprint density at radius 3 is 2.50 bits per heavy atom. The lowest BCUT2D eigenvalue weighted by Gasteiger charge is -2.18. The number of aryl methyl sites for hydroxylation is 2. The van der Waals surface area contributed by atoms with Crippen LogP contribution in [0.3, 0.4) is 0 Å². The second-order valence-electron chi connectivity index (χ2n) is 5.54. The molecule has 1 amide bonds. The van der Waals surface area contributed by atoms with Crippen LogP contribution in [0.5, 0.6) is 11.5 Å². The number of ether oxygens (including phenoxy) is 2. The maximum Gasteiger partial charge on any atom is 0.387 e. The Balaban J connectivity index is 2.15. The quantitative estimate of drug-likeness (QED) is 0.877. The lowest BCUT2D eigenvalue weighted by Crippen LogP contribution is -2.27. The van der Waals surface area contributed by atoms with Gasteiger partial charge in [0.2, 0.25) is 0 Å². The van der Waals surface area contributed by atoms with Gasteiger partial charge in [-0.1, -0.05) is 6.07 Å². The van der Waals surface area contributed by atoms with Gasteiger partial charge < -0.3 is 19.4 Å². The summed E-state index contributed by atoms with van der Waals surface area (Å²) in [6.45, 7) is 1.13. The molecule has 130 valence electrons. The van der Waals surface area contributed by atoms with Crippen LogP contribution in [0.2, 0.25) is 0 Å². The summed E-state index contributed by atoms with van der Waals surface area (Å²) in [4.78, 5) is 17.1. The van der Waals surface area contributed by atoms with E-state index in [-0.39, 0.29) is 17.4 Å². The molecule has 2 rings (SSSR count). The molecule has 5 nitrogen and oxygen atoms in total. The number of aromatic nitrogens is 1. The SMILES string of the molecule is COc1cc(CN(C)C(=O)c2[nH]c(C)cc2C)ccc1OC(F)F. The van der Waals surface area contributed by atoms with Crippen molar-refractivity contribution in [2.75, 3.05) is 14.2 Å². The highest BCUT2D eigenvalue weighted by Gasteiger charge is 2.17. The number of alkyl halides is 2. The van der Waals surface area contributed by atoms with Crippen LogP contribution in [0, 0.1) is 13.8 Å². The Morgan fingerprint density at radius 1 is 1.25 bits per heavy atom. The first-order valence-electron chi connectivity index (χ1n) is 7.35. The predicted octanol–water partition coefficient (Wildman–Crippen LogP) is 3.51. The van der Waals surface area contributed by atoms with E-state index >= 15 is 0 Å². The molecule has 24 heavy (non-hydrogen) atoms. The summed E-state index contributed by atoms with van der Waals surface area (Å²) >= 11 is 0. The number of nitrogens with one attached hydrogen (secondary N) is 1. The van der Waals surface area contributed by atoms with Crippen LogP contribution in [0.1, 0.15) is 27.3 Å². The van der Waals surface area contributed by atoms with Gasteiger partial charge in [0.1, 0.15) is 5.69 Å². The van der Waals surface area contributed by atoms with Crippen LogP contribution < -0.4 is 9.47 Å². The lowest BCUT2D eigenvalue weighted by molar-refractivity contribution is -0.0512. The maximum atomic E-state index is 12.5. The number of carbonyl (C=O) groups is 1. The zero-order valence-corrected chi connectivity index (χ0v) is 14.0. The van der Waals surface area contributed by atoms with Gasteiger partial charge in [-0.3, -0.25) is 4.79 Å². The summed E-state index contributed by atoms with van der Waals surface area (Å²) in [6, 6.07) is 6.51. The Kier molecular flexibility index (Phi) is 5.43. The van der Waals surface area contributed by atoms with Crippen molar-refractivity contribution in [1.29, 1.82) is 0 Å². The summed E-state index contributed by atoms with van der Waals surface area (Å²) in [6.07, 6.45) is 0. The molecule has 0 aliphatic rings. The number of aromatic amines is 1. The number of amides is 1. The molecule has 0 unspecified atom stereocenters. The molecule has 1 heterocycles. The number of H-pyrrole nitrogens is 1. The molecule has 0 saturated carbocycles. The zero-order chi connectivity index (χ0) is 17.9. The molecule has 1 aromatic heterocycles. The lowest BCUT2D eigenvalue weighted by atomic mass is 10.1. The van der Waals surface area contributed by atoms with Crippen molar-refractivity contribution in [2.24, 2.45) is 0 Å². The molecular weight excluding hydrogens is 318 g/mol. The highest BCUT2D eigenvalue weighted by Crippen LogP contribution is 2.30. The van der Waals surface area contributed by atoms with Gasteiger partial charge in [0, 0.05) is 19.3 Å². The molecule has 2 aromatic rings. The summed E-state index contributed by atoms with van der Waals surface area (Å²) in [7, 11) is 3.05. The third kappa shape index (κ3) is 4.04. The van der Waals surface area contributed by atoms with Crippen LogP contribution in [0.25, 0.3) is 0 Å². The first-order chi connectivity index (χ1) is 11.3. The fraction of sp³-hybridized carbons (Fsp3) is 0.353. The fourth-order valence-electron chi connectivity index (χ4n) is 2.49. The van der Waals surface area contributed by atoms with Crippen LogP contribution in [0.4, 0.5) is 8.78 Å². The zero-order valence-electron chi connectivity index (χ0n) is 14.0. The number of nitrogens with zero attached hydrogens (tertiary/aromatic N) is 1. The smallest absolute Gasteiger partial charge is 0.387 e. The number of hydrogen-bond acceptors (Lipinski definition) is 3. The van der Waals surface area contributed by atoms with Gasteiger partial charge >= 0.3 is 6.61 Å². The molecule has 0 bridgehead atoms. The molecule has 0 spiro atoms. The average Bonchev–Trinajstić information content (AvgIpc) is 2.86. The van der Waals surface area contributed by atoms with E-state index in [0.717, 1.165) is 16.8 Å². The summed E-state index contributed by atoms with van der Waals surface area (Å²) in [5.74, 6) is 0.00841. The molecule has 0 aliphatic heterocycles. The molecule has 0 radical (unpaired) electrons. The minimum atomic E-state index is -2.92. The monoisotopic (exact) mass is 338 g/mol. The minimum Gasteiger partial charge on any atom is -0.493 e. The highest BCUT2D eigenvalue weighted by molar-refractivity contribution is 5.93. The van der Waals surface area contributed by atoms with E-state index in [2.05, 4.69) is 9.72 Å². The molecule has 0 aliphatic carbocycles.